The van der Waals surface area contributed by atoms with Crippen LogP contribution in [0.4, 0.5) is 17.6 Å². The predicted molar refractivity (Wildman–Crippen MR) is 62.0 cm³/mol. The van der Waals surface area contributed by atoms with E-state index >= 15 is 0 Å². The van der Waals surface area contributed by atoms with Gasteiger partial charge in [0.2, 0.25) is 0 Å². The Kier molecular flexibility index (Phi) is 3.45. The molecule has 1 aromatic carbocycles. The second-order valence-electron chi connectivity index (χ2n) is 3.91. The predicted octanol–water partition coefficient (Wildman–Crippen LogP) is 4.19. The van der Waals surface area contributed by atoms with Crippen molar-refractivity contribution in [3.63, 3.8) is 0 Å². The zero-order valence-corrected chi connectivity index (χ0v) is 10.3. The van der Waals surface area contributed by atoms with Gasteiger partial charge in [0.1, 0.15) is 5.69 Å². The van der Waals surface area contributed by atoms with E-state index in [2.05, 4.69) is 9.97 Å². The number of aromatic nitrogens is 2. The molecule has 100 valence electrons. The SMILES string of the molecule is CC(F)(F)c1ncc(-c2ccc(F)c(F)c2)nc1Cl. The van der Waals surface area contributed by atoms with Crippen molar-refractivity contribution in [2.75, 3.05) is 0 Å². The highest BCUT2D eigenvalue weighted by Crippen LogP contribution is 2.31. The largest absolute Gasteiger partial charge is 0.290 e. The Morgan fingerprint density at radius 2 is 1.84 bits per heavy atom. The molecule has 0 unspecified atom stereocenters. The Labute approximate surface area is 111 Å². The maximum atomic E-state index is 13.1. The van der Waals surface area contributed by atoms with Crippen LogP contribution in [0.1, 0.15) is 12.6 Å². The quantitative estimate of drug-likeness (QED) is 0.775. The summed E-state index contributed by atoms with van der Waals surface area (Å²) >= 11 is 5.61. The molecule has 0 aliphatic rings. The fourth-order valence-corrected chi connectivity index (χ4v) is 1.76. The second-order valence-corrected chi connectivity index (χ2v) is 4.27. The molecule has 7 heteroatoms. The standard InChI is InChI=1S/C12H7ClF4N2/c1-12(16,17)10-11(13)19-9(5-18-10)6-2-3-7(14)8(15)4-6/h2-5H,1H3. The maximum Gasteiger partial charge on any atom is 0.290 e. The summed E-state index contributed by atoms with van der Waals surface area (Å²) in [5.41, 5.74) is -0.392. The first-order valence-corrected chi connectivity index (χ1v) is 5.53. The molecule has 19 heavy (non-hydrogen) atoms. The van der Waals surface area contributed by atoms with Gasteiger partial charge in [-0.25, -0.2) is 18.7 Å². The number of halogens is 5. The van der Waals surface area contributed by atoms with E-state index in [1.54, 1.807) is 0 Å². The smallest absolute Gasteiger partial charge is 0.249 e. The highest BCUT2D eigenvalue weighted by molar-refractivity contribution is 6.30. The number of hydrogen-bond acceptors (Lipinski definition) is 2. The van der Waals surface area contributed by atoms with Gasteiger partial charge < -0.3 is 0 Å². The van der Waals surface area contributed by atoms with E-state index < -0.39 is 28.4 Å². The molecular weight excluding hydrogens is 284 g/mol. The minimum Gasteiger partial charge on any atom is -0.249 e. The summed E-state index contributed by atoms with van der Waals surface area (Å²) in [5, 5.41) is -0.477. The molecule has 0 saturated carbocycles. The lowest BCUT2D eigenvalue weighted by molar-refractivity contribution is 0.0125. The molecule has 0 radical (unpaired) electrons. The zero-order valence-electron chi connectivity index (χ0n) is 9.59. The molecule has 2 aromatic rings. The van der Waals surface area contributed by atoms with Crippen molar-refractivity contribution in [2.45, 2.75) is 12.8 Å². The van der Waals surface area contributed by atoms with Crippen molar-refractivity contribution < 1.29 is 17.6 Å². The van der Waals surface area contributed by atoms with Crippen molar-refractivity contribution in [1.82, 2.24) is 9.97 Å². The lowest BCUT2D eigenvalue weighted by atomic mass is 10.1. The average Bonchev–Trinajstić information content (AvgIpc) is 2.31. The molecule has 0 N–H and O–H groups in total. The van der Waals surface area contributed by atoms with Crippen LogP contribution in [-0.2, 0) is 5.92 Å². The number of nitrogens with zero attached hydrogens (tertiary/aromatic N) is 2. The summed E-state index contributed by atoms with van der Waals surface area (Å²) in [6.07, 6.45) is 1.03. The molecule has 0 bridgehead atoms. The lowest BCUT2D eigenvalue weighted by Gasteiger charge is -2.11. The highest BCUT2D eigenvalue weighted by Gasteiger charge is 2.30. The van der Waals surface area contributed by atoms with Gasteiger partial charge in [0.25, 0.3) is 5.92 Å². The van der Waals surface area contributed by atoms with Crippen LogP contribution in [0.2, 0.25) is 5.15 Å². The van der Waals surface area contributed by atoms with E-state index in [0.29, 0.717) is 6.92 Å². The number of hydrogen-bond donors (Lipinski definition) is 0. The zero-order chi connectivity index (χ0) is 14.2. The Morgan fingerprint density at radius 1 is 1.16 bits per heavy atom. The third-order valence-corrected chi connectivity index (χ3v) is 2.62. The third-order valence-electron chi connectivity index (χ3n) is 2.36. The van der Waals surface area contributed by atoms with Gasteiger partial charge in [-0.1, -0.05) is 11.6 Å². The number of rotatable bonds is 2. The van der Waals surface area contributed by atoms with E-state index in [1.807, 2.05) is 0 Å². The minimum atomic E-state index is -3.23. The Morgan fingerprint density at radius 3 is 2.37 bits per heavy atom. The average molecular weight is 291 g/mol. The fourth-order valence-electron chi connectivity index (χ4n) is 1.46. The van der Waals surface area contributed by atoms with E-state index in [1.165, 1.54) is 6.07 Å². The molecule has 0 aliphatic heterocycles. The van der Waals surface area contributed by atoms with Gasteiger partial charge in [-0.2, -0.15) is 8.78 Å². The summed E-state index contributed by atoms with van der Waals surface area (Å²) in [7, 11) is 0. The molecule has 1 aromatic heterocycles. The van der Waals surface area contributed by atoms with E-state index in [9.17, 15) is 17.6 Å². The summed E-state index contributed by atoms with van der Waals surface area (Å²) in [5.74, 6) is -5.31. The van der Waals surface area contributed by atoms with Crippen molar-refractivity contribution in [3.8, 4) is 11.3 Å². The first-order chi connectivity index (χ1) is 8.79. The molecule has 2 nitrogen and oxygen atoms in total. The monoisotopic (exact) mass is 290 g/mol. The Hall–Kier alpha value is -1.69. The van der Waals surface area contributed by atoms with Crippen LogP contribution >= 0.6 is 11.6 Å². The lowest BCUT2D eigenvalue weighted by Crippen LogP contribution is -2.11. The molecule has 0 amide bonds. The van der Waals surface area contributed by atoms with E-state index in [0.717, 1.165) is 18.3 Å². The van der Waals surface area contributed by atoms with Crippen molar-refractivity contribution in [3.05, 3.63) is 46.9 Å². The molecular formula is C12H7ClF4N2. The van der Waals surface area contributed by atoms with Gasteiger partial charge in [0.15, 0.2) is 16.8 Å². The van der Waals surface area contributed by atoms with Crippen molar-refractivity contribution in [2.24, 2.45) is 0 Å². The van der Waals surface area contributed by atoms with Crippen molar-refractivity contribution >= 4 is 11.6 Å². The first-order valence-electron chi connectivity index (χ1n) is 5.15. The number of benzene rings is 1. The van der Waals surface area contributed by atoms with Crippen LogP contribution in [0.25, 0.3) is 11.3 Å². The highest BCUT2D eigenvalue weighted by atomic mass is 35.5. The Balaban J connectivity index is 2.47. The van der Waals surface area contributed by atoms with Crippen molar-refractivity contribution in [1.29, 1.82) is 0 Å². The van der Waals surface area contributed by atoms with Crippen LogP contribution in [-0.4, -0.2) is 9.97 Å². The molecule has 0 atom stereocenters. The maximum absolute atomic E-state index is 13.1. The number of alkyl halides is 2. The normalized spacial score (nSPS) is 11.7. The summed E-state index contributed by atoms with van der Waals surface area (Å²) in [6, 6.07) is 3.05. The summed E-state index contributed by atoms with van der Waals surface area (Å²) < 4.78 is 52.0. The molecule has 0 spiro atoms. The van der Waals surface area contributed by atoms with Crippen LogP contribution < -0.4 is 0 Å². The van der Waals surface area contributed by atoms with Crippen LogP contribution in [0.5, 0.6) is 0 Å². The van der Waals surface area contributed by atoms with Crippen LogP contribution in [0, 0.1) is 11.6 Å². The molecule has 0 fully saturated rings. The van der Waals surface area contributed by atoms with Gasteiger partial charge in [-0.3, -0.25) is 0 Å². The molecule has 1 heterocycles. The van der Waals surface area contributed by atoms with Gasteiger partial charge >= 0.3 is 0 Å². The third kappa shape index (κ3) is 2.84. The van der Waals surface area contributed by atoms with Crippen LogP contribution in [0.15, 0.2) is 24.4 Å². The molecule has 0 saturated heterocycles. The van der Waals surface area contributed by atoms with E-state index in [-0.39, 0.29) is 11.3 Å². The summed E-state index contributed by atoms with van der Waals surface area (Å²) in [6.45, 7) is 0.639. The molecule has 2 rings (SSSR count). The van der Waals surface area contributed by atoms with Gasteiger partial charge in [0, 0.05) is 12.5 Å². The summed E-state index contributed by atoms with van der Waals surface area (Å²) in [4.78, 5) is 7.23. The Bertz CT molecular complexity index is 626. The fraction of sp³-hybridized carbons (Fsp3) is 0.167. The first kappa shape index (κ1) is 13.7. The van der Waals surface area contributed by atoms with Gasteiger partial charge in [-0.05, 0) is 18.2 Å². The second kappa shape index (κ2) is 4.77. The van der Waals surface area contributed by atoms with Gasteiger partial charge in [0.05, 0.1) is 11.9 Å². The van der Waals surface area contributed by atoms with Crippen LogP contribution in [0.3, 0.4) is 0 Å². The molecule has 0 aliphatic carbocycles. The van der Waals surface area contributed by atoms with Gasteiger partial charge in [-0.15, -0.1) is 0 Å². The topological polar surface area (TPSA) is 25.8 Å². The van der Waals surface area contributed by atoms with E-state index in [4.69, 9.17) is 11.6 Å². The minimum absolute atomic E-state index is 0.0805.